The van der Waals surface area contributed by atoms with Crippen LogP contribution in [0, 0.1) is 0 Å². The zero-order chi connectivity index (χ0) is 14.5. The third-order valence-electron chi connectivity index (χ3n) is 3.02. The largest absolute Gasteiger partial charge is 0.496 e. The summed E-state index contributed by atoms with van der Waals surface area (Å²) in [6.07, 6.45) is 3.41. The van der Waals surface area contributed by atoms with Crippen LogP contribution in [0.4, 0.5) is 0 Å². The third-order valence-corrected chi connectivity index (χ3v) is 3.02. The highest BCUT2D eigenvalue weighted by Gasteiger charge is 2.20. The number of rotatable bonds is 5. The molecule has 0 saturated carbocycles. The van der Waals surface area contributed by atoms with Gasteiger partial charge in [0.05, 0.1) is 26.5 Å². The number of carbonyl (C=O) groups excluding carboxylic acids is 1. The van der Waals surface area contributed by atoms with Gasteiger partial charge in [0.25, 0.3) is 5.91 Å². The van der Waals surface area contributed by atoms with Crippen molar-refractivity contribution in [3.63, 3.8) is 0 Å². The van der Waals surface area contributed by atoms with Crippen LogP contribution in [0.3, 0.4) is 0 Å². The van der Waals surface area contributed by atoms with E-state index in [2.05, 4.69) is 15.5 Å². The number of nitrogens with zero attached hydrogens (tertiary/aromatic N) is 1. The molecule has 0 spiro atoms. The summed E-state index contributed by atoms with van der Waals surface area (Å²) in [5.41, 5.74) is 1.28. The Morgan fingerprint density at radius 2 is 1.95 bits per heavy atom. The highest BCUT2D eigenvalue weighted by molar-refractivity contribution is 5.99. The van der Waals surface area contributed by atoms with Crippen LogP contribution in [0.1, 0.15) is 28.9 Å². The van der Waals surface area contributed by atoms with E-state index in [0.717, 1.165) is 5.56 Å². The number of methoxy groups -OCH3 is 2. The molecule has 2 aromatic rings. The second kappa shape index (κ2) is 6.10. The van der Waals surface area contributed by atoms with Gasteiger partial charge < -0.3 is 14.8 Å². The fraction of sp³-hybridized carbons (Fsp3) is 0.286. The topological polar surface area (TPSA) is 76.2 Å². The maximum absolute atomic E-state index is 12.4. The Kier molecular flexibility index (Phi) is 4.24. The predicted molar refractivity (Wildman–Crippen MR) is 74.0 cm³/mol. The van der Waals surface area contributed by atoms with E-state index in [1.807, 2.05) is 6.92 Å². The predicted octanol–water partition coefficient (Wildman–Crippen LogP) is 1.92. The summed E-state index contributed by atoms with van der Waals surface area (Å²) in [6.45, 7) is 1.88. The van der Waals surface area contributed by atoms with Crippen molar-refractivity contribution in [3.8, 4) is 11.5 Å². The molecular weight excluding hydrogens is 258 g/mol. The number of nitrogens with one attached hydrogen (secondary N) is 2. The van der Waals surface area contributed by atoms with E-state index in [9.17, 15) is 4.79 Å². The van der Waals surface area contributed by atoms with Crippen LogP contribution < -0.4 is 14.8 Å². The molecule has 20 heavy (non-hydrogen) atoms. The smallest absolute Gasteiger partial charge is 0.259 e. The van der Waals surface area contributed by atoms with Gasteiger partial charge in [-0.3, -0.25) is 9.89 Å². The van der Waals surface area contributed by atoms with Gasteiger partial charge in [-0.2, -0.15) is 5.10 Å². The average molecular weight is 275 g/mol. The van der Waals surface area contributed by atoms with Gasteiger partial charge in [0.2, 0.25) is 0 Å². The van der Waals surface area contributed by atoms with Crippen LogP contribution in [-0.4, -0.2) is 30.3 Å². The minimum absolute atomic E-state index is 0.170. The first kappa shape index (κ1) is 13.9. The summed E-state index contributed by atoms with van der Waals surface area (Å²) in [6, 6.07) is 5.05. The van der Waals surface area contributed by atoms with E-state index in [0.29, 0.717) is 17.1 Å². The maximum Gasteiger partial charge on any atom is 0.259 e. The molecule has 1 unspecified atom stereocenters. The molecule has 106 valence electrons. The first-order valence-electron chi connectivity index (χ1n) is 6.18. The molecule has 0 aliphatic carbocycles. The van der Waals surface area contributed by atoms with Crippen molar-refractivity contribution in [3.05, 3.63) is 41.7 Å². The standard InChI is InChI=1S/C14H17N3O3/c1-9(10-7-15-16-8-10)17-14(18)13-11(19-2)5-4-6-12(13)20-3/h4-9H,1-3H3,(H,15,16)(H,17,18). The van der Waals surface area contributed by atoms with Crippen molar-refractivity contribution in [2.75, 3.05) is 14.2 Å². The number of ether oxygens (including phenoxy) is 2. The summed E-state index contributed by atoms with van der Waals surface area (Å²) in [5.74, 6) is 0.690. The summed E-state index contributed by atoms with van der Waals surface area (Å²) in [5, 5.41) is 9.47. The Bertz CT molecular complexity index is 559. The first-order chi connectivity index (χ1) is 9.67. The number of aromatic nitrogens is 2. The molecule has 1 aromatic carbocycles. The molecule has 0 fully saturated rings. The molecule has 6 heteroatoms. The van der Waals surface area contributed by atoms with E-state index in [1.165, 1.54) is 14.2 Å². The molecule has 2 rings (SSSR count). The zero-order valence-electron chi connectivity index (χ0n) is 11.6. The number of H-pyrrole nitrogens is 1. The fourth-order valence-corrected chi connectivity index (χ4v) is 1.92. The average Bonchev–Trinajstić information content (AvgIpc) is 3.00. The second-order valence-corrected chi connectivity index (χ2v) is 4.26. The Morgan fingerprint density at radius 3 is 2.45 bits per heavy atom. The third kappa shape index (κ3) is 2.74. The Morgan fingerprint density at radius 1 is 1.30 bits per heavy atom. The first-order valence-corrected chi connectivity index (χ1v) is 6.18. The maximum atomic E-state index is 12.4. The minimum atomic E-state index is -0.256. The van der Waals surface area contributed by atoms with Crippen molar-refractivity contribution >= 4 is 5.91 Å². The molecule has 0 aliphatic rings. The Labute approximate surface area is 117 Å². The van der Waals surface area contributed by atoms with Crippen LogP contribution in [0.5, 0.6) is 11.5 Å². The zero-order valence-corrected chi connectivity index (χ0v) is 11.6. The van der Waals surface area contributed by atoms with E-state index < -0.39 is 0 Å². The second-order valence-electron chi connectivity index (χ2n) is 4.26. The fourth-order valence-electron chi connectivity index (χ4n) is 1.92. The summed E-state index contributed by atoms with van der Waals surface area (Å²) < 4.78 is 10.4. The molecule has 1 heterocycles. The van der Waals surface area contributed by atoms with Crippen molar-refractivity contribution in [1.29, 1.82) is 0 Å². The van der Waals surface area contributed by atoms with Gasteiger partial charge in [-0.25, -0.2) is 0 Å². The lowest BCUT2D eigenvalue weighted by Crippen LogP contribution is -2.27. The van der Waals surface area contributed by atoms with Crippen LogP contribution in [-0.2, 0) is 0 Å². The molecule has 0 radical (unpaired) electrons. The van der Waals surface area contributed by atoms with Crippen molar-refractivity contribution < 1.29 is 14.3 Å². The number of benzene rings is 1. The van der Waals surface area contributed by atoms with Gasteiger partial charge in [-0.05, 0) is 19.1 Å². The molecule has 1 atom stereocenters. The Hall–Kier alpha value is -2.50. The number of hydrogen-bond acceptors (Lipinski definition) is 4. The van der Waals surface area contributed by atoms with Gasteiger partial charge in [-0.15, -0.1) is 0 Å². The van der Waals surface area contributed by atoms with Crippen LogP contribution >= 0.6 is 0 Å². The molecule has 0 aliphatic heterocycles. The molecule has 1 amide bonds. The summed E-state index contributed by atoms with van der Waals surface area (Å²) in [4.78, 5) is 12.4. The van der Waals surface area contributed by atoms with Gasteiger partial charge in [0, 0.05) is 11.8 Å². The molecule has 1 aromatic heterocycles. The van der Waals surface area contributed by atoms with Gasteiger partial charge >= 0.3 is 0 Å². The molecule has 2 N–H and O–H groups in total. The molecule has 6 nitrogen and oxygen atoms in total. The summed E-state index contributed by atoms with van der Waals surface area (Å²) >= 11 is 0. The van der Waals surface area contributed by atoms with Crippen molar-refractivity contribution in [2.24, 2.45) is 0 Å². The number of hydrogen-bond donors (Lipinski definition) is 2. The lowest BCUT2D eigenvalue weighted by Gasteiger charge is -2.16. The van der Waals surface area contributed by atoms with Crippen LogP contribution in [0.15, 0.2) is 30.6 Å². The van der Waals surface area contributed by atoms with E-state index in [4.69, 9.17) is 9.47 Å². The van der Waals surface area contributed by atoms with Gasteiger partial charge in [-0.1, -0.05) is 6.07 Å². The van der Waals surface area contributed by atoms with Crippen molar-refractivity contribution in [1.82, 2.24) is 15.5 Å². The normalized spacial score (nSPS) is 11.8. The molecular formula is C14H17N3O3. The molecule has 0 bridgehead atoms. The Balaban J connectivity index is 2.25. The van der Waals surface area contributed by atoms with E-state index >= 15 is 0 Å². The lowest BCUT2D eigenvalue weighted by molar-refractivity contribution is 0.0933. The number of carbonyl (C=O) groups is 1. The highest BCUT2D eigenvalue weighted by Crippen LogP contribution is 2.28. The van der Waals surface area contributed by atoms with E-state index in [1.54, 1.807) is 30.6 Å². The number of amides is 1. The van der Waals surface area contributed by atoms with Crippen LogP contribution in [0.2, 0.25) is 0 Å². The van der Waals surface area contributed by atoms with Crippen LogP contribution in [0.25, 0.3) is 0 Å². The summed E-state index contributed by atoms with van der Waals surface area (Å²) in [7, 11) is 3.04. The van der Waals surface area contributed by atoms with E-state index in [-0.39, 0.29) is 11.9 Å². The molecule has 0 saturated heterocycles. The highest BCUT2D eigenvalue weighted by atomic mass is 16.5. The monoisotopic (exact) mass is 275 g/mol. The van der Waals surface area contributed by atoms with Gasteiger partial charge in [0.1, 0.15) is 17.1 Å². The lowest BCUT2D eigenvalue weighted by atomic mass is 10.1. The van der Waals surface area contributed by atoms with Crippen molar-refractivity contribution in [2.45, 2.75) is 13.0 Å². The number of aromatic amines is 1. The minimum Gasteiger partial charge on any atom is -0.496 e. The SMILES string of the molecule is COc1cccc(OC)c1C(=O)NC(C)c1cn[nH]c1. The van der Waals surface area contributed by atoms with Gasteiger partial charge in [0.15, 0.2) is 0 Å². The quantitative estimate of drug-likeness (QED) is 0.874.